The number of hydrogen-bond donors (Lipinski definition) is 0. The van der Waals surface area contributed by atoms with Crippen LogP contribution in [0, 0.1) is 5.92 Å². The third kappa shape index (κ3) is 3.50. The maximum absolute atomic E-state index is 12.4. The summed E-state index contributed by atoms with van der Waals surface area (Å²) >= 11 is 0. The molecule has 1 saturated carbocycles. The number of likely N-dealkylation sites (tertiary alicyclic amines) is 1. The molecule has 0 bridgehead atoms. The summed E-state index contributed by atoms with van der Waals surface area (Å²) in [5, 5.41) is 0. The van der Waals surface area contributed by atoms with E-state index in [2.05, 4.69) is 4.40 Å². The minimum atomic E-state index is -3.64. The number of ether oxygens (including phenoxy) is 1. The van der Waals surface area contributed by atoms with Gasteiger partial charge in [-0.2, -0.15) is 8.42 Å². The molecule has 2 aliphatic heterocycles. The zero-order valence-corrected chi connectivity index (χ0v) is 15.8. The highest BCUT2D eigenvalue weighted by Gasteiger charge is 2.36. The molecule has 27 heavy (non-hydrogen) atoms. The molecule has 1 aromatic rings. The number of esters is 1. The van der Waals surface area contributed by atoms with Crippen LogP contribution in [-0.2, 0) is 24.3 Å². The van der Waals surface area contributed by atoms with Crippen LogP contribution in [0.1, 0.15) is 44.1 Å². The molecule has 1 aromatic carbocycles. The zero-order chi connectivity index (χ0) is 19.0. The van der Waals surface area contributed by atoms with Crippen LogP contribution in [0.4, 0.5) is 0 Å². The van der Waals surface area contributed by atoms with Crippen LogP contribution in [0.5, 0.6) is 0 Å². The molecule has 144 valence electrons. The van der Waals surface area contributed by atoms with Gasteiger partial charge < -0.3 is 9.64 Å². The molecule has 8 heteroatoms. The van der Waals surface area contributed by atoms with Crippen LogP contribution in [-0.4, -0.2) is 50.1 Å². The van der Waals surface area contributed by atoms with Crippen molar-refractivity contribution in [3.8, 4) is 0 Å². The molecule has 2 heterocycles. The fourth-order valence-corrected chi connectivity index (χ4v) is 5.18. The zero-order valence-electron chi connectivity index (χ0n) is 15.0. The molecule has 0 aromatic heterocycles. The molecule has 1 atom stereocenters. The lowest BCUT2D eigenvalue weighted by molar-refractivity contribution is -0.161. The summed E-state index contributed by atoms with van der Waals surface area (Å²) in [4.78, 5) is 26.4. The van der Waals surface area contributed by atoms with E-state index in [1.54, 1.807) is 24.3 Å². The lowest BCUT2D eigenvalue weighted by Crippen LogP contribution is -2.42. The van der Waals surface area contributed by atoms with Gasteiger partial charge in [0.25, 0.3) is 10.0 Å². The van der Waals surface area contributed by atoms with Crippen molar-refractivity contribution in [2.75, 3.05) is 13.1 Å². The van der Waals surface area contributed by atoms with Crippen LogP contribution in [0.3, 0.4) is 0 Å². The first-order valence-corrected chi connectivity index (χ1v) is 10.8. The van der Waals surface area contributed by atoms with Crippen LogP contribution >= 0.6 is 0 Å². The van der Waals surface area contributed by atoms with Crippen molar-refractivity contribution in [2.24, 2.45) is 10.3 Å². The fourth-order valence-electron chi connectivity index (χ4n) is 3.96. The number of fused-ring (bicyclic) bond motifs is 1. The number of amidine groups is 1. The van der Waals surface area contributed by atoms with Gasteiger partial charge in [-0.3, -0.25) is 9.59 Å². The minimum absolute atomic E-state index is 0.0224. The molecule has 0 spiro atoms. The van der Waals surface area contributed by atoms with Crippen molar-refractivity contribution in [3.05, 3.63) is 29.8 Å². The summed E-state index contributed by atoms with van der Waals surface area (Å²) in [5.41, 5.74) is 0.617. The van der Waals surface area contributed by atoms with E-state index in [1.807, 2.05) is 4.90 Å². The Hall–Kier alpha value is -2.22. The lowest BCUT2D eigenvalue weighted by atomic mass is 9.94. The molecule has 1 unspecified atom stereocenters. The van der Waals surface area contributed by atoms with Gasteiger partial charge in [-0.15, -0.1) is 4.40 Å². The normalized spacial score (nSPS) is 25.0. The second-order valence-electron chi connectivity index (χ2n) is 7.29. The Bertz CT molecular complexity index is 900. The predicted octanol–water partition coefficient (Wildman–Crippen LogP) is 1.90. The molecule has 0 radical (unpaired) electrons. The second kappa shape index (κ2) is 7.07. The van der Waals surface area contributed by atoms with Gasteiger partial charge in [0.05, 0.1) is 5.92 Å². The van der Waals surface area contributed by atoms with Crippen molar-refractivity contribution in [1.29, 1.82) is 0 Å². The van der Waals surface area contributed by atoms with Gasteiger partial charge in [0, 0.05) is 25.1 Å². The molecule has 1 saturated heterocycles. The first kappa shape index (κ1) is 18.2. The highest BCUT2D eigenvalue weighted by Crippen LogP contribution is 2.30. The number of piperidine rings is 1. The van der Waals surface area contributed by atoms with Gasteiger partial charge in [0.1, 0.15) is 4.90 Å². The summed E-state index contributed by atoms with van der Waals surface area (Å²) in [6, 6.07) is 6.80. The van der Waals surface area contributed by atoms with Crippen LogP contribution in [0.2, 0.25) is 0 Å². The first-order valence-electron chi connectivity index (χ1n) is 9.38. The summed E-state index contributed by atoms with van der Waals surface area (Å²) in [7, 11) is -3.64. The largest absolute Gasteiger partial charge is 0.454 e. The fraction of sp³-hybridized carbons (Fsp3) is 0.526. The Kier molecular flexibility index (Phi) is 4.75. The van der Waals surface area contributed by atoms with Gasteiger partial charge >= 0.3 is 5.97 Å². The molecular weight excluding hydrogens is 368 g/mol. The number of rotatable bonds is 2. The van der Waals surface area contributed by atoms with Crippen LogP contribution < -0.4 is 0 Å². The van der Waals surface area contributed by atoms with E-state index in [0.29, 0.717) is 50.2 Å². The number of sulfonamides is 1. The lowest BCUT2D eigenvalue weighted by Gasteiger charge is -2.33. The number of Topliss-reactive ketones (excluding diaryl/α,β-unsaturated/α-hetero) is 1. The van der Waals surface area contributed by atoms with Crippen molar-refractivity contribution in [2.45, 2.75) is 49.5 Å². The third-order valence-corrected chi connectivity index (χ3v) is 6.82. The Morgan fingerprint density at radius 3 is 2.59 bits per heavy atom. The standard InChI is InChI=1S/C19H22N2O5S/c22-15-6-2-3-7-16(15)26-19(23)13-9-11-21(12-10-13)18-14-5-1-4-8-17(14)27(24,25)20-18/h1,4-5,8,13,16H,2-3,6-7,9-12H2. The smallest absolute Gasteiger partial charge is 0.309 e. The first-order chi connectivity index (χ1) is 13.0. The maximum Gasteiger partial charge on any atom is 0.309 e. The maximum atomic E-state index is 12.4. The van der Waals surface area contributed by atoms with Crippen LogP contribution in [0.15, 0.2) is 33.6 Å². The molecule has 0 N–H and O–H groups in total. The van der Waals surface area contributed by atoms with Crippen molar-refractivity contribution in [3.63, 3.8) is 0 Å². The van der Waals surface area contributed by atoms with E-state index in [0.717, 1.165) is 12.8 Å². The van der Waals surface area contributed by atoms with Gasteiger partial charge in [-0.25, -0.2) is 0 Å². The Morgan fingerprint density at radius 2 is 1.85 bits per heavy atom. The van der Waals surface area contributed by atoms with Gasteiger partial charge in [0.15, 0.2) is 17.7 Å². The van der Waals surface area contributed by atoms with E-state index in [4.69, 9.17) is 4.74 Å². The van der Waals surface area contributed by atoms with Crippen molar-refractivity contribution >= 4 is 27.6 Å². The average molecular weight is 390 g/mol. The number of ketones is 1. The Labute approximate surface area is 158 Å². The summed E-state index contributed by atoms with van der Waals surface area (Å²) in [6.45, 7) is 1.06. The molecular formula is C19H22N2O5S. The number of carbonyl (C=O) groups excluding carboxylic acids is 2. The van der Waals surface area contributed by atoms with E-state index >= 15 is 0 Å². The number of benzene rings is 1. The van der Waals surface area contributed by atoms with E-state index in [9.17, 15) is 18.0 Å². The Balaban J connectivity index is 1.40. The molecule has 7 nitrogen and oxygen atoms in total. The topological polar surface area (TPSA) is 93.1 Å². The van der Waals surface area contributed by atoms with Gasteiger partial charge in [-0.1, -0.05) is 12.1 Å². The van der Waals surface area contributed by atoms with Gasteiger partial charge in [0.2, 0.25) is 0 Å². The second-order valence-corrected chi connectivity index (χ2v) is 8.86. The molecule has 2 fully saturated rings. The predicted molar refractivity (Wildman–Crippen MR) is 97.8 cm³/mol. The van der Waals surface area contributed by atoms with Gasteiger partial charge in [-0.05, 0) is 44.2 Å². The van der Waals surface area contributed by atoms with Crippen molar-refractivity contribution in [1.82, 2.24) is 4.90 Å². The number of nitrogens with zero attached hydrogens (tertiary/aromatic N) is 2. The highest BCUT2D eigenvalue weighted by molar-refractivity contribution is 7.90. The molecule has 1 aliphatic carbocycles. The molecule has 4 rings (SSSR count). The van der Waals surface area contributed by atoms with Crippen molar-refractivity contribution < 1.29 is 22.7 Å². The number of carbonyl (C=O) groups is 2. The Morgan fingerprint density at radius 1 is 1.11 bits per heavy atom. The van der Waals surface area contributed by atoms with E-state index in [1.165, 1.54) is 0 Å². The SMILES string of the molecule is O=C(OC1CCCCC1=O)C1CCN(C2=NS(=O)(=O)c3ccccc32)CC1. The summed E-state index contributed by atoms with van der Waals surface area (Å²) in [5.74, 6) is -0.0878. The monoisotopic (exact) mass is 390 g/mol. The molecule has 0 amide bonds. The summed E-state index contributed by atoms with van der Waals surface area (Å²) in [6.07, 6.45) is 3.43. The van der Waals surface area contributed by atoms with Crippen LogP contribution in [0.25, 0.3) is 0 Å². The van der Waals surface area contributed by atoms with E-state index < -0.39 is 16.1 Å². The third-order valence-electron chi connectivity index (χ3n) is 5.50. The highest BCUT2D eigenvalue weighted by atomic mass is 32.2. The average Bonchev–Trinajstić information content (AvgIpc) is 2.95. The number of hydrogen-bond acceptors (Lipinski definition) is 6. The summed E-state index contributed by atoms with van der Waals surface area (Å²) < 4.78 is 33.8. The minimum Gasteiger partial charge on any atom is -0.454 e. The quantitative estimate of drug-likeness (QED) is 0.716. The van der Waals surface area contributed by atoms with E-state index in [-0.39, 0.29) is 22.6 Å². The molecule has 3 aliphatic rings.